The van der Waals surface area contributed by atoms with Crippen LogP contribution < -0.4 is 16.0 Å². The number of benzene rings is 2. The third-order valence-corrected chi connectivity index (χ3v) is 7.09. The molecule has 0 amide bonds. The van der Waals surface area contributed by atoms with E-state index in [4.69, 9.17) is 16.3 Å². The van der Waals surface area contributed by atoms with Gasteiger partial charge in [0.15, 0.2) is 0 Å². The van der Waals surface area contributed by atoms with Crippen molar-refractivity contribution in [1.82, 2.24) is 13.5 Å². The third-order valence-electron chi connectivity index (χ3n) is 6.07. The zero-order valence-electron chi connectivity index (χ0n) is 20.3. The summed E-state index contributed by atoms with van der Waals surface area (Å²) in [5.41, 5.74) is -3.55. The molecule has 2 heterocycles. The van der Waals surface area contributed by atoms with E-state index in [-0.39, 0.29) is 23.7 Å². The molecule has 0 saturated heterocycles. The second-order valence-corrected chi connectivity index (χ2v) is 10.0. The average Bonchev–Trinajstić information content (AvgIpc) is 3.25. The molecule has 1 N–H and O–H groups in total. The number of halogens is 4. The SMILES string of the molecule is Cc1ccc(OC(C)(CCCl)C(=O)O)c(-c2nsc3ccc(-n4c(=O)cc(C(F)(F)F)n(C)c4=O)cc23)c1. The number of alkyl halides is 4. The fourth-order valence-electron chi connectivity index (χ4n) is 3.94. The Kier molecular flexibility index (Phi) is 7.15. The van der Waals surface area contributed by atoms with Gasteiger partial charge in [0.1, 0.15) is 11.4 Å². The molecule has 0 aliphatic carbocycles. The van der Waals surface area contributed by atoms with Crippen molar-refractivity contribution in [2.45, 2.75) is 32.0 Å². The monoisotopic (exact) mass is 567 g/mol. The Morgan fingerprint density at radius 1 is 1.16 bits per heavy atom. The number of aryl methyl sites for hydroxylation is 1. The molecular formula is C25H21ClF3N3O5S. The number of aromatic nitrogens is 3. The zero-order valence-corrected chi connectivity index (χ0v) is 21.9. The van der Waals surface area contributed by atoms with Crippen LogP contribution >= 0.6 is 23.1 Å². The number of nitrogens with zero attached hydrogens (tertiary/aromatic N) is 3. The van der Waals surface area contributed by atoms with Crippen LogP contribution in [0, 0.1) is 6.92 Å². The second kappa shape index (κ2) is 9.91. The van der Waals surface area contributed by atoms with Gasteiger partial charge in [0.05, 0.1) is 16.1 Å². The molecule has 4 rings (SSSR count). The Morgan fingerprint density at radius 2 is 1.87 bits per heavy atom. The van der Waals surface area contributed by atoms with Gasteiger partial charge >= 0.3 is 17.8 Å². The minimum absolute atomic E-state index is 0.0271. The molecule has 1 unspecified atom stereocenters. The fourth-order valence-corrected chi connectivity index (χ4v) is 5.07. The Hall–Kier alpha value is -3.64. The highest BCUT2D eigenvalue weighted by molar-refractivity contribution is 7.13. The molecule has 0 radical (unpaired) electrons. The molecule has 200 valence electrons. The highest BCUT2D eigenvalue weighted by Gasteiger charge is 2.36. The van der Waals surface area contributed by atoms with Crippen molar-refractivity contribution in [3.8, 4) is 22.7 Å². The number of hydrogen-bond acceptors (Lipinski definition) is 6. The summed E-state index contributed by atoms with van der Waals surface area (Å²) in [6.45, 7) is 3.24. The van der Waals surface area contributed by atoms with Gasteiger partial charge in [0, 0.05) is 36.4 Å². The molecular weight excluding hydrogens is 547 g/mol. The Balaban J connectivity index is 1.91. The number of aliphatic carboxylic acids is 1. The van der Waals surface area contributed by atoms with Crippen molar-refractivity contribution in [2.75, 3.05) is 5.88 Å². The number of fused-ring (bicyclic) bond motifs is 1. The van der Waals surface area contributed by atoms with Gasteiger partial charge in [-0.2, -0.15) is 17.5 Å². The van der Waals surface area contributed by atoms with Crippen LogP contribution in [0.4, 0.5) is 13.2 Å². The molecule has 0 spiro atoms. The van der Waals surface area contributed by atoms with Crippen LogP contribution in [0.2, 0.25) is 0 Å². The Morgan fingerprint density at radius 3 is 2.50 bits per heavy atom. The lowest BCUT2D eigenvalue weighted by molar-refractivity contribution is -0.153. The smallest absolute Gasteiger partial charge is 0.431 e. The van der Waals surface area contributed by atoms with Gasteiger partial charge in [-0.25, -0.2) is 14.2 Å². The van der Waals surface area contributed by atoms with Crippen molar-refractivity contribution in [1.29, 1.82) is 0 Å². The zero-order chi connectivity index (χ0) is 28.0. The molecule has 2 aromatic carbocycles. The van der Waals surface area contributed by atoms with Crippen molar-refractivity contribution in [3.05, 3.63) is 74.6 Å². The Bertz CT molecular complexity index is 1680. The lowest BCUT2D eigenvalue weighted by atomic mass is 10.0. The molecule has 38 heavy (non-hydrogen) atoms. The van der Waals surface area contributed by atoms with E-state index in [2.05, 4.69) is 4.37 Å². The van der Waals surface area contributed by atoms with E-state index in [0.29, 0.717) is 36.5 Å². The van der Waals surface area contributed by atoms with Crippen molar-refractivity contribution in [3.63, 3.8) is 0 Å². The maximum atomic E-state index is 13.3. The van der Waals surface area contributed by atoms with Gasteiger partial charge < -0.3 is 9.84 Å². The minimum atomic E-state index is -4.88. The second-order valence-electron chi connectivity index (χ2n) is 8.83. The summed E-state index contributed by atoms with van der Waals surface area (Å²) in [4.78, 5) is 37.4. The summed E-state index contributed by atoms with van der Waals surface area (Å²) in [7, 11) is 0.938. The third kappa shape index (κ3) is 4.93. The molecule has 0 fully saturated rings. The predicted octanol–water partition coefficient (Wildman–Crippen LogP) is 4.99. The van der Waals surface area contributed by atoms with Gasteiger partial charge in [0.2, 0.25) is 5.60 Å². The normalized spacial score (nSPS) is 13.4. The fraction of sp³-hybridized carbons (Fsp3) is 0.280. The van der Waals surface area contributed by atoms with Crippen LogP contribution in [0.15, 0.2) is 52.1 Å². The highest BCUT2D eigenvalue weighted by Crippen LogP contribution is 2.39. The summed E-state index contributed by atoms with van der Waals surface area (Å²) in [5, 5.41) is 10.2. The first-order chi connectivity index (χ1) is 17.8. The molecule has 0 aliphatic rings. The first-order valence-corrected chi connectivity index (χ1v) is 12.5. The van der Waals surface area contributed by atoms with Gasteiger partial charge in [-0.1, -0.05) is 11.6 Å². The van der Waals surface area contributed by atoms with Crippen LogP contribution in [0.5, 0.6) is 5.75 Å². The standard InChI is InChI=1S/C25H21ClF3N3O5S/c1-13-4-6-17(37-24(2,8-9-26)22(34)35)15(10-13)21-16-11-14(5-7-18(16)38-30-21)32-20(33)12-19(25(27,28)29)31(3)23(32)36/h4-7,10-12H,8-9H2,1-3H3,(H,34,35). The first kappa shape index (κ1) is 27.4. The molecule has 2 aromatic heterocycles. The van der Waals surface area contributed by atoms with E-state index in [1.165, 1.54) is 19.1 Å². The summed E-state index contributed by atoms with van der Waals surface area (Å²) in [6.07, 6.45) is -4.85. The molecule has 0 saturated carbocycles. The summed E-state index contributed by atoms with van der Waals surface area (Å²) >= 11 is 6.93. The van der Waals surface area contributed by atoms with E-state index in [9.17, 15) is 32.7 Å². The van der Waals surface area contributed by atoms with Gasteiger partial charge in [-0.3, -0.25) is 9.36 Å². The topological polar surface area (TPSA) is 103 Å². The maximum absolute atomic E-state index is 13.3. The summed E-state index contributed by atoms with van der Waals surface area (Å²) in [6, 6.07) is 10.00. The van der Waals surface area contributed by atoms with Crippen LogP contribution in [-0.2, 0) is 18.0 Å². The van der Waals surface area contributed by atoms with E-state index in [1.54, 1.807) is 24.3 Å². The van der Waals surface area contributed by atoms with Gasteiger partial charge in [0.25, 0.3) is 5.56 Å². The number of carboxylic acid groups (broad SMARTS) is 1. The lowest BCUT2D eigenvalue weighted by Gasteiger charge is -2.27. The van der Waals surface area contributed by atoms with Crippen LogP contribution in [0.25, 0.3) is 27.0 Å². The molecule has 13 heteroatoms. The van der Waals surface area contributed by atoms with Crippen LogP contribution in [0.3, 0.4) is 0 Å². The lowest BCUT2D eigenvalue weighted by Crippen LogP contribution is -2.42. The predicted molar refractivity (Wildman–Crippen MR) is 138 cm³/mol. The number of hydrogen-bond donors (Lipinski definition) is 1. The molecule has 8 nitrogen and oxygen atoms in total. The van der Waals surface area contributed by atoms with E-state index >= 15 is 0 Å². The summed E-state index contributed by atoms with van der Waals surface area (Å²) in [5.74, 6) is -0.928. The quantitative estimate of drug-likeness (QED) is 0.316. The molecule has 0 aliphatic heterocycles. The van der Waals surface area contributed by atoms with Crippen LogP contribution in [-0.4, -0.2) is 36.1 Å². The van der Waals surface area contributed by atoms with E-state index in [0.717, 1.165) is 24.1 Å². The number of ether oxygens (including phenoxy) is 1. The van der Waals surface area contributed by atoms with Crippen molar-refractivity contribution >= 4 is 39.2 Å². The Labute approximate surface area is 222 Å². The largest absolute Gasteiger partial charge is 0.478 e. The number of rotatable bonds is 7. The molecule has 1 atom stereocenters. The van der Waals surface area contributed by atoms with E-state index in [1.807, 2.05) is 6.92 Å². The molecule has 0 bridgehead atoms. The van der Waals surface area contributed by atoms with E-state index < -0.39 is 34.7 Å². The maximum Gasteiger partial charge on any atom is 0.431 e. The number of carboxylic acids is 1. The van der Waals surface area contributed by atoms with Crippen molar-refractivity contribution < 1.29 is 27.8 Å². The minimum Gasteiger partial charge on any atom is -0.478 e. The number of carbonyl (C=O) groups is 1. The van der Waals surface area contributed by atoms with Crippen LogP contribution in [0.1, 0.15) is 24.6 Å². The molecule has 4 aromatic rings. The van der Waals surface area contributed by atoms with Gasteiger partial charge in [-0.05, 0) is 55.7 Å². The summed E-state index contributed by atoms with van der Waals surface area (Å²) < 4.78 is 51.9. The van der Waals surface area contributed by atoms with Gasteiger partial charge in [-0.15, -0.1) is 11.6 Å². The van der Waals surface area contributed by atoms with Crippen molar-refractivity contribution in [2.24, 2.45) is 7.05 Å². The average molecular weight is 568 g/mol. The first-order valence-electron chi connectivity index (χ1n) is 11.2. The highest BCUT2D eigenvalue weighted by atomic mass is 35.5.